The predicted molar refractivity (Wildman–Crippen MR) is 115 cm³/mol. The standard InChI is InChI=1S/C25H26N2O/c1-4-24(28-21-13-9-10-18(2)16-21)25-26-22-14-7-8-15-23(22)27(25)17-20-12-6-5-11-19(20)3/h5-16,24H,4,17H2,1-3H3. The number of hydrogen-bond donors (Lipinski definition) is 0. The maximum atomic E-state index is 6.39. The first-order chi connectivity index (χ1) is 13.7. The van der Waals surface area contributed by atoms with Crippen LogP contribution in [0.25, 0.3) is 11.0 Å². The molecule has 0 fully saturated rings. The molecule has 0 amide bonds. The number of rotatable bonds is 6. The maximum absolute atomic E-state index is 6.39. The van der Waals surface area contributed by atoms with Crippen molar-refractivity contribution in [2.45, 2.75) is 39.8 Å². The number of aryl methyl sites for hydroxylation is 2. The molecule has 3 nitrogen and oxygen atoms in total. The van der Waals surface area contributed by atoms with Gasteiger partial charge < -0.3 is 9.30 Å². The number of benzene rings is 3. The topological polar surface area (TPSA) is 27.1 Å². The molecule has 3 aromatic carbocycles. The van der Waals surface area contributed by atoms with Crippen molar-refractivity contribution in [2.75, 3.05) is 0 Å². The van der Waals surface area contributed by atoms with Gasteiger partial charge in [-0.1, -0.05) is 55.5 Å². The molecule has 28 heavy (non-hydrogen) atoms. The fraction of sp³-hybridized carbons (Fsp3) is 0.240. The van der Waals surface area contributed by atoms with E-state index in [4.69, 9.17) is 9.72 Å². The van der Waals surface area contributed by atoms with Crippen molar-refractivity contribution in [3.63, 3.8) is 0 Å². The number of ether oxygens (including phenoxy) is 1. The van der Waals surface area contributed by atoms with Crippen molar-refractivity contribution >= 4 is 11.0 Å². The molecule has 4 rings (SSSR count). The summed E-state index contributed by atoms with van der Waals surface area (Å²) in [7, 11) is 0. The second-order valence-corrected chi connectivity index (χ2v) is 7.30. The van der Waals surface area contributed by atoms with Gasteiger partial charge >= 0.3 is 0 Å². The maximum Gasteiger partial charge on any atom is 0.156 e. The average Bonchev–Trinajstić information content (AvgIpc) is 3.06. The van der Waals surface area contributed by atoms with E-state index in [1.165, 1.54) is 16.7 Å². The quantitative estimate of drug-likeness (QED) is 0.402. The van der Waals surface area contributed by atoms with E-state index in [1.807, 2.05) is 18.2 Å². The molecular weight excluding hydrogens is 344 g/mol. The van der Waals surface area contributed by atoms with Crippen molar-refractivity contribution in [1.29, 1.82) is 0 Å². The van der Waals surface area contributed by atoms with Crippen LogP contribution in [0.1, 0.15) is 42.0 Å². The third-order valence-corrected chi connectivity index (χ3v) is 5.20. The predicted octanol–water partition coefficient (Wildman–Crippen LogP) is 6.23. The van der Waals surface area contributed by atoms with Gasteiger partial charge in [-0.25, -0.2) is 4.98 Å². The number of aromatic nitrogens is 2. The van der Waals surface area contributed by atoms with E-state index < -0.39 is 0 Å². The van der Waals surface area contributed by atoms with E-state index in [9.17, 15) is 0 Å². The largest absolute Gasteiger partial charge is 0.483 e. The van der Waals surface area contributed by atoms with Gasteiger partial charge in [-0.15, -0.1) is 0 Å². The monoisotopic (exact) mass is 370 g/mol. The first kappa shape index (κ1) is 18.3. The van der Waals surface area contributed by atoms with Gasteiger partial charge in [-0.2, -0.15) is 0 Å². The lowest BCUT2D eigenvalue weighted by molar-refractivity contribution is 0.187. The van der Waals surface area contributed by atoms with Gasteiger partial charge in [-0.05, 0) is 61.2 Å². The zero-order chi connectivity index (χ0) is 19.5. The number of fused-ring (bicyclic) bond motifs is 1. The zero-order valence-electron chi connectivity index (χ0n) is 16.7. The molecule has 0 aliphatic carbocycles. The van der Waals surface area contributed by atoms with Gasteiger partial charge in [0.2, 0.25) is 0 Å². The molecule has 0 bridgehead atoms. The number of hydrogen-bond acceptors (Lipinski definition) is 2. The molecule has 0 saturated heterocycles. The summed E-state index contributed by atoms with van der Waals surface area (Å²) in [5.41, 5.74) is 5.95. The Morgan fingerprint density at radius 2 is 1.71 bits per heavy atom. The molecule has 0 aliphatic rings. The van der Waals surface area contributed by atoms with Crippen molar-refractivity contribution in [2.24, 2.45) is 0 Å². The van der Waals surface area contributed by atoms with Gasteiger partial charge in [0.25, 0.3) is 0 Å². The van der Waals surface area contributed by atoms with Gasteiger partial charge in [0.1, 0.15) is 5.75 Å². The van der Waals surface area contributed by atoms with Crippen LogP contribution >= 0.6 is 0 Å². The number of imidazole rings is 1. The van der Waals surface area contributed by atoms with Crippen LogP contribution in [-0.2, 0) is 6.54 Å². The first-order valence-corrected chi connectivity index (χ1v) is 9.88. The van der Waals surface area contributed by atoms with E-state index >= 15 is 0 Å². The average molecular weight is 370 g/mol. The van der Waals surface area contributed by atoms with Crippen LogP contribution < -0.4 is 4.74 Å². The summed E-state index contributed by atoms with van der Waals surface area (Å²) in [4.78, 5) is 4.97. The van der Waals surface area contributed by atoms with Crippen molar-refractivity contribution < 1.29 is 4.74 Å². The van der Waals surface area contributed by atoms with Crippen LogP contribution in [0.3, 0.4) is 0 Å². The molecule has 0 radical (unpaired) electrons. The highest BCUT2D eigenvalue weighted by molar-refractivity contribution is 5.76. The van der Waals surface area contributed by atoms with Crippen molar-refractivity contribution in [3.8, 4) is 5.75 Å². The molecular formula is C25H26N2O. The Labute approximate surface area is 166 Å². The highest BCUT2D eigenvalue weighted by Crippen LogP contribution is 2.29. The number of nitrogens with zero attached hydrogens (tertiary/aromatic N) is 2. The molecule has 3 heteroatoms. The van der Waals surface area contributed by atoms with Gasteiger partial charge in [0.15, 0.2) is 11.9 Å². The summed E-state index contributed by atoms with van der Waals surface area (Å²) in [6.07, 6.45) is 0.753. The lowest BCUT2D eigenvalue weighted by Gasteiger charge is -2.20. The van der Waals surface area contributed by atoms with Crippen LogP contribution in [0.4, 0.5) is 0 Å². The Morgan fingerprint density at radius 1 is 0.929 bits per heavy atom. The molecule has 1 aromatic heterocycles. The van der Waals surface area contributed by atoms with Crippen LogP contribution in [0.15, 0.2) is 72.8 Å². The second-order valence-electron chi connectivity index (χ2n) is 7.30. The molecule has 0 aliphatic heterocycles. The molecule has 1 unspecified atom stereocenters. The fourth-order valence-corrected chi connectivity index (χ4v) is 3.64. The Morgan fingerprint density at radius 3 is 2.50 bits per heavy atom. The summed E-state index contributed by atoms with van der Waals surface area (Å²) >= 11 is 0. The third-order valence-electron chi connectivity index (χ3n) is 5.20. The van der Waals surface area contributed by atoms with E-state index in [-0.39, 0.29) is 6.10 Å². The summed E-state index contributed by atoms with van der Waals surface area (Å²) in [5, 5.41) is 0. The van der Waals surface area contributed by atoms with Crippen molar-refractivity contribution in [1.82, 2.24) is 9.55 Å². The Bertz CT molecular complexity index is 1100. The van der Waals surface area contributed by atoms with E-state index in [0.29, 0.717) is 0 Å². The van der Waals surface area contributed by atoms with Crippen LogP contribution in [0, 0.1) is 13.8 Å². The Balaban J connectivity index is 1.77. The smallest absolute Gasteiger partial charge is 0.156 e. The summed E-state index contributed by atoms with van der Waals surface area (Å²) in [5.74, 6) is 1.87. The minimum absolute atomic E-state index is 0.0989. The second kappa shape index (κ2) is 7.89. The van der Waals surface area contributed by atoms with Crippen LogP contribution in [0.5, 0.6) is 5.75 Å². The van der Waals surface area contributed by atoms with Gasteiger partial charge in [0.05, 0.1) is 11.0 Å². The summed E-state index contributed by atoms with van der Waals surface area (Å²) < 4.78 is 8.69. The minimum atomic E-state index is -0.0989. The highest BCUT2D eigenvalue weighted by atomic mass is 16.5. The zero-order valence-corrected chi connectivity index (χ0v) is 16.7. The fourth-order valence-electron chi connectivity index (χ4n) is 3.64. The lowest BCUT2D eigenvalue weighted by atomic mass is 10.1. The first-order valence-electron chi connectivity index (χ1n) is 9.88. The van der Waals surface area contributed by atoms with Gasteiger partial charge in [0, 0.05) is 6.54 Å². The molecule has 4 aromatic rings. The highest BCUT2D eigenvalue weighted by Gasteiger charge is 2.21. The van der Waals surface area contributed by atoms with Crippen molar-refractivity contribution in [3.05, 3.63) is 95.3 Å². The molecule has 0 spiro atoms. The Kier molecular flexibility index (Phi) is 5.16. The van der Waals surface area contributed by atoms with E-state index in [1.54, 1.807) is 0 Å². The molecule has 0 saturated carbocycles. The summed E-state index contributed by atoms with van der Waals surface area (Å²) in [6, 6.07) is 25.1. The normalized spacial score (nSPS) is 12.2. The minimum Gasteiger partial charge on any atom is -0.483 e. The lowest BCUT2D eigenvalue weighted by Crippen LogP contribution is -2.15. The molecule has 142 valence electrons. The van der Waals surface area contributed by atoms with E-state index in [0.717, 1.165) is 35.6 Å². The van der Waals surface area contributed by atoms with Gasteiger partial charge in [-0.3, -0.25) is 0 Å². The Hall–Kier alpha value is -3.07. The SMILES string of the molecule is CCC(Oc1cccc(C)c1)c1nc2ccccc2n1Cc1ccccc1C. The third kappa shape index (κ3) is 3.65. The molecule has 0 N–H and O–H groups in total. The van der Waals surface area contributed by atoms with Crippen LogP contribution in [-0.4, -0.2) is 9.55 Å². The van der Waals surface area contributed by atoms with E-state index in [2.05, 4.69) is 79.9 Å². The molecule has 1 atom stereocenters. The molecule has 1 heterocycles. The van der Waals surface area contributed by atoms with Crippen LogP contribution in [0.2, 0.25) is 0 Å². The summed E-state index contributed by atoms with van der Waals surface area (Å²) in [6.45, 7) is 7.18. The number of para-hydroxylation sites is 2.